The first-order valence-electron chi connectivity index (χ1n) is 11.9. The summed E-state index contributed by atoms with van der Waals surface area (Å²) in [4.78, 5) is 19.5. The maximum Gasteiger partial charge on any atom is 0.391 e. The average molecular weight is 488 g/mol. The van der Waals surface area contributed by atoms with Crippen LogP contribution in [0.5, 0.6) is 5.75 Å². The first-order valence-corrected chi connectivity index (χ1v) is 11.9. The summed E-state index contributed by atoms with van der Waals surface area (Å²) in [5.41, 5.74) is 3.17. The molecule has 1 amide bonds. The van der Waals surface area contributed by atoms with Gasteiger partial charge < -0.3 is 15.0 Å². The number of amides is 1. The van der Waals surface area contributed by atoms with E-state index >= 15 is 0 Å². The summed E-state index contributed by atoms with van der Waals surface area (Å²) in [5, 5.41) is 7.21. The summed E-state index contributed by atoms with van der Waals surface area (Å²) in [5.74, 6) is -0.978. The molecule has 0 saturated carbocycles. The van der Waals surface area contributed by atoms with Crippen LogP contribution in [0.3, 0.4) is 0 Å². The number of aromatic nitrogens is 3. The van der Waals surface area contributed by atoms with Crippen LogP contribution >= 0.6 is 0 Å². The molecule has 1 aromatic carbocycles. The van der Waals surface area contributed by atoms with Crippen molar-refractivity contribution in [1.29, 1.82) is 0 Å². The first kappa shape index (κ1) is 23.4. The molecule has 35 heavy (non-hydrogen) atoms. The van der Waals surface area contributed by atoms with Gasteiger partial charge in [-0.1, -0.05) is 13.8 Å². The number of hydrogen-bond donors (Lipinski definition) is 1. The van der Waals surface area contributed by atoms with E-state index in [9.17, 15) is 18.0 Å². The van der Waals surface area contributed by atoms with E-state index in [1.807, 2.05) is 17.0 Å². The van der Waals surface area contributed by atoms with Gasteiger partial charge in [0.15, 0.2) is 5.65 Å². The molecule has 4 heterocycles. The Morgan fingerprint density at radius 1 is 1.26 bits per heavy atom. The van der Waals surface area contributed by atoms with Crippen LogP contribution in [-0.2, 0) is 6.42 Å². The fraction of sp³-hybridized carbons (Fsp3) is 0.480. The van der Waals surface area contributed by atoms with Crippen molar-refractivity contribution in [2.45, 2.75) is 39.3 Å². The molecular formula is C25H28F3N5O2. The second-order valence-electron chi connectivity index (χ2n) is 9.65. The largest absolute Gasteiger partial charge is 0.493 e. The summed E-state index contributed by atoms with van der Waals surface area (Å²) in [6.45, 7) is 4.93. The highest BCUT2D eigenvalue weighted by Gasteiger charge is 2.42. The summed E-state index contributed by atoms with van der Waals surface area (Å²) in [7, 11) is 0. The van der Waals surface area contributed by atoms with E-state index in [1.54, 1.807) is 18.5 Å². The summed E-state index contributed by atoms with van der Waals surface area (Å²) in [6.07, 6.45) is 2.29. The number of hydrogen-bond acceptors (Lipinski definition) is 5. The van der Waals surface area contributed by atoms with Crippen LogP contribution in [0.4, 0.5) is 24.5 Å². The number of piperidine rings is 1. The molecule has 2 atom stereocenters. The lowest BCUT2D eigenvalue weighted by Gasteiger charge is -2.38. The third kappa shape index (κ3) is 4.66. The van der Waals surface area contributed by atoms with Gasteiger partial charge in [-0.2, -0.15) is 18.3 Å². The van der Waals surface area contributed by atoms with E-state index in [0.717, 1.165) is 23.4 Å². The van der Waals surface area contributed by atoms with Crippen LogP contribution in [0.15, 0.2) is 36.8 Å². The van der Waals surface area contributed by atoms with Gasteiger partial charge in [-0.3, -0.25) is 4.79 Å². The van der Waals surface area contributed by atoms with Gasteiger partial charge in [-0.15, -0.1) is 0 Å². The van der Waals surface area contributed by atoms with Crippen molar-refractivity contribution in [3.05, 3.63) is 47.9 Å². The van der Waals surface area contributed by atoms with Crippen molar-refractivity contribution in [3.8, 4) is 5.75 Å². The van der Waals surface area contributed by atoms with Gasteiger partial charge in [0.25, 0.3) is 5.91 Å². The maximum absolute atomic E-state index is 13.2. The maximum atomic E-state index is 13.2. The molecule has 0 radical (unpaired) electrons. The Morgan fingerprint density at radius 3 is 2.77 bits per heavy atom. The molecule has 2 aromatic heterocycles. The van der Waals surface area contributed by atoms with E-state index in [0.29, 0.717) is 55.4 Å². The Bertz CT molecular complexity index is 1230. The van der Waals surface area contributed by atoms with E-state index in [1.165, 1.54) is 17.6 Å². The lowest BCUT2D eigenvalue weighted by atomic mass is 9.84. The van der Waals surface area contributed by atoms with Crippen LogP contribution in [-0.4, -0.2) is 46.4 Å². The number of alkyl halides is 3. The zero-order chi connectivity index (χ0) is 24.7. The zero-order valence-corrected chi connectivity index (χ0v) is 19.7. The molecule has 3 aromatic rings. The quantitative estimate of drug-likeness (QED) is 0.563. The number of rotatable bonds is 4. The Balaban J connectivity index is 1.43. The Morgan fingerprint density at radius 2 is 2.03 bits per heavy atom. The highest BCUT2D eigenvalue weighted by Crippen LogP contribution is 2.41. The van der Waals surface area contributed by atoms with Crippen LogP contribution in [0.2, 0.25) is 0 Å². The molecule has 2 aliphatic rings. The van der Waals surface area contributed by atoms with Crippen LogP contribution in [0.1, 0.15) is 42.6 Å². The topological polar surface area (TPSA) is 71.8 Å². The first-order chi connectivity index (χ1) is 16.7. The van der Waals surface area contributed by atoms with E-state index in [4.69, 9.17) is 4.74 Å². The van der Waals surface area contributed by atoms with E-state index < -0.39 is 18.0 Å². The van der Waals surface area contributed by atoms with Gasteiger partial charge in [0, 0.05) is 31.5 Å². The molecule has 1 fully saturated rings. The number of anilines is 2. The number of nitrogens with zero attached hydrogens (tertiary/aromatic N) is 4. The molecule has 2 aliphatic heterocycles. The summed E-state index contributed by atoms with van der Waals surface area (Å²) >= 11 is 0. The molecule has 7 nitrogen and oxygen atoms in total. The van der Waals surface area contributed by atoms with Crippen LogP contribution in [0.25, 0.3) is 5.65 Å². The number of halogens is 3. The lowest BCUT2D eigenvalue weighted by molar-refractivity contribution is -0.185. The van der Waals surface area contributed by atoms with Crippen molar-refractivity contribution in [2.75, 3.05) is 29.9 Å². The van der Waals surface area contributed by atoms with Gasteiger partial charge in [0.2, 0.25) is 0 Å². The Kier molecular flexibility index (Phi) is 6.06. The van der Waals surface area contributed by atoms with E-state index in [2.05, 4.69) is 22.3 Å². The molecule has 0 spiro atoms. The van der Waals surface area contributed by atoms with E-state index in [-0.39, 0.29) is 5.91 Å². The van der Waals surface area contributed by atoms with Gasteiger partial charge in [0.1, 0.15) is 11.3 Å². The Labute approximate surface area is 201 Å². The SMILES string of the molecule is CC1COc2cc(N3CCC(C(C)C(F)(F)F)CC3)c(NC(=O)c3cnn4cccnc34)cc2C1. The van der Waals surface area contributed by atoms with Crippen molar-refractivity contribution in [1.82, 2.24) is 14.6 Å². The average Bonchev–Trinajstić information content (AvgIpc) is 3.27. The highest BCUT2D eigenvalue weighted by atomic mass is 19.4. The summed E-state index contributed by atoms with van der Waals surface area (Å²) < 4.78 is 47.2. The number of benzene rings is 1. The molecule has 1 saturated heterocycles. The highest BCUT2D eigenvalue weighted by molar-refractivity contribution is 6.09. The number of nitrogens with one attached hydrogen (secondary N) is 1. The van der Waals surface area contributed by atoms with Crippen molar-refractivity contribution < 1.29 is 22.7 Å². The molecule has 186 valence electrons. The third-order valence-electron chi connectivity index (χ3n) is 7.15. The number of carbonyl (C=O) groups is 1. The number of carbonyl (C=O) groups excluding carboxylic acids is 1. The number of ether oxygens (including phenoxy) is 1. The minimum Gasteiger partial charge on any atom is -0.493 e. The third-order valence-corrected chi connectivity index (χ3v) is 7.15. The minimum atomic E-state index is -4.19. The van der Waals surface area contributed by atoms with Gasteiger partial charge >= 0.3 is 6.18 Å². The predicted octanol–water partition coefficient (Wildman–Crippen LogP) is 4.97. The second-order valence-corrected chi connectivity index (χ2v) is 9.65. The van der Waals surface area contributed by atoms with Crippen LogP contribution in [0, 0.1) is 17.8 Å². The minimum absolute atomic E-state index is 0.342. The lowest BCUT2D eigenvalue weighted by Crippen LogP contribution is -2.39. The van der Waals surface area contributed by atoms with Crippen molar-refractivity contribution >= 4 is 22.9 Å². The zero-order valence-electron chi connectivity index (χ0n) is 19.7. The molecular weight excluding hydrogens is 459 g/mol. The fourth-order valence-electron chi connectivity index (χ4n) is 5.02. The molecule has 1 N–H and O–H groups in total. The molecule has 10 heteroatoms. The monoisotopic (exact) mass is 487 g/mol. The molecule has 0 bridgehead atoms. The second kappa shape index (κ2) is 9.05. The van der Waals surface area contributed by atoms with Crippen LogP contribution < -0.4 is 15.0 Å². The van der Waals surface area contributed by atoms with Gasteiger partial charge in [-0.25, -0.2) is 9.50 Å². The normalized spacial score (nSPS) is 19.8. The van der Waals surface area contributed by atoms with Gasteiger partial charge in [-0.05, 0) is 48.8 Å². The molecule has 0 aliphatic carbocycles. The molecule has 5 rings (SSSR count). The fourth-order valence-corrected chi connectivity index (χ4v) is 5.02. The number of fused-ring (bicyclic) bond motifs is 2. The Hall–Kier alpha value is -3.30. The van der Waals surface area contributed by atoms with Crippen molar-refractivity contribution in [2.24, 2.45) is 17.8 Å². The standard InChI is InChI=1S/C25H28F3N5O2/c1-15-10-18-11-20(31-24(34)19-13-30-33-7-3-6-29-23(19)33)21(12-22(18)35-14-15)32-8-4-17(5-9-32)16(2)25(26,27)28/h3,6-7,11-13,15-17H,4-5,8-10,14H2,1-2H3,(H,31,34). The predicted molar refractivity (Wildman–Crippen MR) is 126 cm³/mol. The van der Waals surface area contributed by atoms with Gasteiger partial charge in [0.05, 0.1) is 30.1 Å². The summed E-state index contributed by atoms with van der Waals surface area (Å²) in [6, 6.07) is 5.58. The molecule has 2 unspecified atom stereocenters. The van der Waals surface area contributed by atoms with Crippen molar-refractivity contribution in [3.63, 3.8) is 0 Å². The smallest absolute Gasteiger partial charge is 0.391 e.